The van der Waals surface area contributed by atoms with Crippen LogP contribution in [0, 0.1) is 6.92 Å². The summed E-state index contributed by atoms with van der Waals surface area (Å²) in [5.41, 5.74) is 3.05. The second-order valence-electron chi connectivity index (χ2n) is 7.31. The van der Waals surface area contributed by atoms with Gasteiger partial charge in [-0.05, 0) is 37.6 Å². The predicted octanol–water partition coefficient (Wildman–Crippen LogP) is 3.08. The third-order valence-corrected chi connectivity index (χ3v) is 4.95. The monoisotopic (exact) mass is 536 g/mol. The molecule has 0 saturated carbocycles. The Balaban J connectivity index is 0.00000272. The number of nitrogens with zero attached hydrogens (tertiary/aromatic N) is 4. The van der Waals surface area contributed by atoms with Crippen molar-refractivity contribution in [1.29, 1.82) is 0 Å². The number of benzene rings is 1. The topological polar surface area (TPSA) is 85.1 Å². The van der Waals surface area contributed by atoms with Gasteiger partial charge in [-0.3, -0.25) is 4.40 Å². The molecule has 31 heavy (non-hydrogen) atoms. The number of fused-ring (bicyclic) bond motifs is 1. The van der Waals surface area contributed by atoms with Crippen LogP contribution < -0.4 is 15.4 Å². The molecule has 3 aromatic rings. The quantitative estimate of drug-likeness (QED) is 0.275. The standard InChI is InChI=1S/C22H28N6O2.HI/c1-3-23-22(25-14-21-27-26-20-6-4-5-10-28(20)21)24-13-17-8-7-16(2)12-19(17)30-18-9-11-29-15-18;/h4-8,10,12,18H,3,9,11,13-15H2,1-2H3,(H2,23,24,25);1H. The summed E-state index contributed by atoms with van der Waals surface area (Å²) >= 11 is 0. The van der Waals surface area contributed by atoms with Crippen molar-refractivity contribution in [2.45, 2.75) is 39.5 Å². The number of hydrogen-bond donors (Lipinski definition) is 2. The minimum Gasteiger partial charge on any atom is -0.488 e. The lowest BCUT2D eigenvalue weighted by Crippen LogP contribution is -2.37. The zero-order chi connectivity index (χ0) is 20.8. The van der Waals surface area contributed by atoms with E-state index in [0.29, 0.717) is 19.7 Å². The average Bonchev–Trinajstić information content (AvgIpc) is 3.41. The van der Waals surface area contributed by atoms with E-state index in [9.17, 15) is 0 Å². The van der Waals surface area contributed by atoms with Gasteiger partial charge in [0.05, 0.1) is 26.3 Å². The van der Waals surface area contributed by atoms with Crippen LogP contribution in [0.3, 0.4) is 0 Å². The molecule has 3 heterocycles. The Morgan fingerprint density at radius 1 is 1.26 bits per heavy atom. The van der Waals surface area contributed by atoms with Crippen molar-refractivity contribution in [3.63, 3.8) is 0 Å². The first-order valence-electron chi connectivity index (χ1n) is 10.4. The molecule has 0 amide bonds. The van der Waals surface area contributed by atoms with Crippen molar-refractivity contribution in [3.05, 3.63) is 59.5 Å². The van der Waals surface area contributed by atoms with Gasteiger partial charge in [0.2, 0.25) is 0 Å². The number of pyridine rings is 1. The van der Waals surface area contributed by atoms with Gasteiger partial charge in [0.1, 0.15) is 11.9 Å². The Labute approximate surface area is 199 Å². The molecule has 0 radical (unpaired) electrons. The van der Waals surface area contributed by atoms with Crippen LogP contribution in [0.4, 0.5) is 0 Å². The van der Waals surface area contributed by atoms with Crippen LogP contribution in [-0.2, 0) is 17.8 Å². The van der Waals surface area contributed by atoms with Crippen LogP contribution in [0.15, 0.2) is 47.6 Å². The van der Waals surface area contributed by atoms with Crippen LogP contribution in [0.5, 0.6) is 5.75 Å². The van der Waals surface area contributed by atoms with Crippen molar-refractivity contribution in [1.82, 2.24) is 25.2 Å². The molecule has 1 aliphatic rings. The second kappa shape index (κ2) is 11.3. The fourth-order valence-corrected chi connectivity index (χ4v) is 3.37. The number of guanidine groups is 1. The Bertz CT molecular complexity index is 1020. The summed E-state index contributed by atoms with van der Waals surface area (Å²) in [4.78, 5) is 4.75. The van der Waals surface area contributed by atoms with Gasteiger partial charge in [-0.15, -0.1) is 34.2 Å². The maximum absolute atomic E-state index is 6.19. The van der Waals surface area contributed by atoms with Gasteiger partial charge in [-0.1, -0.05) is 18.2 Å². The molecule has 0 spiro atoms. The number of hydrogen-bond acceptors (Lipinski definition) is 5. The number of aryl methyl sites for hydroxylation is 1. The van der Waals surface area contributed by atoms with Crippen LogP contribution in [0.2, 0.25) is 0 Å². The number of aromatic nitrogens is 3. The Kier molecular flexibility index (Phi) is 8.47. The van der Waals surface area contributed by atoms with Crippen LogP contribution in [0.25, 0.3) is 5.65 Å². The predicted molar refractivity (Wildman–Crippen MR) is 131 cm³/mol. The van der Waals surface area contributed by atoms with Gasteiger partial charge in [-0.25, -0.2) is 4.99 Å². The molecule has 1 unspecified atom stereocenters. The minimum atomic E-state index is 0. The highest BCUT2D eigenvalue weighted by Gasteiger charge is 2.18. The maximum atomic E-state index is 6.19. The van der Waals surface area contributed by atoms with Crippen molar-refractivity contribution >= 4 is 35.6 Å². The highest BCUT2D eigenvalue weighted by atomic mass is 127. The molecule has 8 nitrogen and oxygen atoms in total. The van der Waals surface area contributed by atoms with E-state index in [2.05, 4.69) is 46.0 Å². The number of ether oxygens (including phenoxy) is 2. The summed E-state index contributed by atoms with van der Waals surface area (Å²) in [6, 6.07) is 12.1. The summed E-state index contributed by atoms with van der Waals surface area (Å²) < 4.78 is 13.6. The molecule has 4 rings (SSSR count). The van der Waals surface area contributed by atoms with Crippen LogP contribution in [0.1, 0.15) is 30.3 Å². The SMILES string of the molecule is CCNC(=NCc1ccc(C)cc1OC1CCOC1)NCc1nnc2ccccn12.I. The van der Waals surface area contributed by atoms with Crippen LogP contribution >= 0.6 is 24.0 Å². The van der Waals surface area contributed by atoms with E-state index in [1.54, 1.807) is 0 Å². The fraction of sp³-hybridized carbons (Fsp3) is 0.409. The van der Waals surface area contributed by atoms with Gasteiger partial charge in [0.15, 0.2) is 17.4 Å². The van der Waals surface area contributed by atoms with Crippen molar-refractivity contribution in [2.24, 2.45) is 4.99 Å². The lowest BCUT2D eigenvalue weighted by Gasteiger charge is -2.16. The first-order valence-corrected chi connectivity index (χ1v) is 10.4. The lowest BCUT2D eigenvalue weighted by atomic mass is 10.1. The number of aliphatic imine (C=N–C) groups is 1. The summed E-state index contributed by atoms with van der Waals surface area (Å²) in [6.07, 6.45) is 2.99. The molecule has 2 aromatic heterocycles. The van der Waals surface area contributed by atoms with Crippen molar-refractivity contribution in [3.8, 4) is 5.75 Å². The van der Waals surface area contributed by atoms with Gasteiger partial charge in [-0.2, -0.15) is 0 Å². The van der Waals surface area contributed by atoms with Crippen LogP contribution in [-0.4, -0.2) is 46.4 Å². The summed E-state index contributed by atoms with van der Waals surface area (Å²) in [6.45, 7) is 7.32. The average molecular weight is 536 g/mol. The normalized spacial score (nSPS) is 16.2. The Hall–Kier alpha value is -2.40. The second-order valence-corrected chi connectivity index (χ2v) is 7.31. The molecule has 0 bridgehead atoms. The molecule has 1 atom stereocenters. The van der Waals surface area contributed by atoms with Gasteiger partial charge >= 0.3 is 0 Å². The number of rotatable bonds is 7. The highest BCUT2D eigenvalue weighted by Crippen LogP contribution is 2.24. The number of halogens is 1. The van der Waals surface area contributed by atoms with E-state index >= 15 is 0 Å². The van der Waals surface area contributed by atoms with Gasteiger partial charge in [0, 0.05) is 24.7 Å². The zero-order valence-electron chi connectivity index (χ0n) is 17.9. The Morgan fingerprint density at radius 2 is 2.16 bits per heavy atom. The van der Waals surface area contributed by atoms with Crippen molar-refractivity contribution < 1.29 is 9.47 Å². The molecule has 1 saturated heterocycles. The first-order chi connectivity index (χ1) is 14.7. The molecule has 0 aliphatic carbocycles. The molecule has 9 heteroatoms. The third kappa shape index (κ3) is 6.07. The third-order valence-electron chi connectivity index (χ3n) is 4.95. The molecular formula is C22H29IN6O2. The van der Waals surface area contributed by atoms with E-state index in [0.717, 1.165) is 48.3 Å². The molecule has 1 aliphatic heterocycles. The van der Waals surface area contributed by atoms with E-state index in [1.807, 2.05) is 35.7 Å². The first kappa shape index (κ1) is 23.3. The molecule has 166 valence electrons. The highest BCUT2D eigenvalue weighted by molar-refractivity contribution is 14.0. The van der Waals surface area contributed by atoms with Crippen molar-refractivity contribution in [2.75, 3.05) is 19.8 Å². The van der Waals surface area contributed by atoms with Gasteiger partial charge < -0.3 is 20.1 Å². The molecule has 2 N–H and O–H groups in total. The summed E-state index contributed by atoms with van der Waals surface area (Å²) in [5, 5.41) is 15.1. The van der Waals surface area contributed by atoms with E-state index in [1.165, 1.54) is 5.56 Å². The zero-order valence-corrected chi connectivity index (χ0v) is 20.2. The minimum absolute atomic E-state index is 0. The maximum Gasteiger partial charge on any atom is 0.191 e. The molecule has 1 aromatic carbocycles. The van der Waals surface area contributed by atoms with E-state index in [-0.39, 0.29) is 30.1 Å². The molecule has 1 fully saturated rings. The lowest BCUT2D eigenvalue weighted by molar-refractivity contribution is 0.140. The van der Waals surface area contributed by atoms with E-state index in [4.69, 9.17) is 14.5 Å². The van der Waals surface area contributed by atoms with Gasteiger partial charge in [0.25, 0.3) is 0 Å². The smallest absolute Gasteiger partial charge is 0.191 e. The Morgan fingerprint density at radius 3 is 2.97 bits per heavy atom. The fourth-order valence-electron chi connectivity index (χ4n) is 3.37. The summed E-state index contributed by atoms with van der Waals surface area (Å²) in [5.74, 6) is 2.44. The summed E-state index contributed by atoms with van der Waals surface area (Å²) in [7, 11) is 0. The van der Waals surface area contributed by atoms with E-state index < -0.39 is 0 Å². The molecular weight excluding hydrogens is 507 g/mol. The largest absolute Gasteiger partial charge is 0.488 e. The number of nitrogens with one attached hydrogen (secondary N) is 2.